The van der Waals surface area contributed by atoms with Crippen molar-refractivity contribution >= 4 is 33.2 Å². The van der Waals surface area contributed by atoms with Gasteiger partial charge in [-0.2, -0.15) is 0 Å². The van der Waals surface area contributed by atoms with Crippen LogP contribution in [-0.4, -0.2) is 33.7 Å². The summed E-state index contributed by atoms with van der Waals surface area (Å²) < 4.78 is 30.7. The highest BCUT2D eigenvalue weighted by molar-refractivity contribution is 7.92. The third-order valence-corrected chi connectivity index (χ3v) is 4.78. The number of halogens is 1. The fraction of sp³-hybridized carbons (Fsp3) is 0.350. The van der Waals surface area contributed by atoms with Crippen LogP contribution in [-0.2, 0) is 15.4 Å². The van der Waals surface area contributed by atoms with Gasteiger partial charge in [-0.1, -0.05) is 50.6 Å². The number of carbonyl (C=O) groups is 1. The average Bonchev–Trinajstić information content (AvgIpc) is 2.56. The molecule has 0 aromatic heterocycles. The van der Waals surface area contributed by atoms with Gasteiger partial charge in [0, 0.05) is 5.69 Å². The largest absolute Gasteiger partial charge is 0.491 e. The molecule has 8 heteroatoms. The molecule has 2 rings (SSSR count). The second kappa shape index (κ2) is 8.84. The van der Waals surface area contributed by atoms with Crippen LogP contribution in [0.5, 0.6) is 5.75 Å². The first-order valence-corrected chi connectivity index (χ1v) is 11.0. The van der Waals surface area contributed by atoms with Crippen LogP contribution in [0.3, 0.4) is 0 Å². The molecule has 2 N–H and O–H groups in total. The van der Waals surface area contributed by atoms with Crippen molar-refractivity contribution in [1.29, 1.82) is 0 Å². The first-order chi connectivity index (χ1) is 13.0. The molecule has 0 aliphatic carbocycles. The van der Waals surface area contributed by atoms with Crippen molar-refractivity contribution in [3.8, 4) is 5.75 Å². The minimum atomic E-state index is -3.41. The highest BCUT2D eigenvalue weighted by Gasteiger charge is 2.18. The van der Waals surface area contributed by atoms with E-state index < -0.39 is 10.0 Å². The normalized spacial score (nSPS) is 11.8. The molecule has 0 spiro atoms. The van der Waals surface area contributed by atoms with Crippen molar-refractivity contribution in [3.63, 3.8) is 0 Å². The van der Waals surface area contributed by atoms with Gasteiger partial charge in [-0.05, 0) is 35.2 Å². The molecule has 0 radical (unpaired) electrons. The van der Waals surface area contributed by atoms with Crippen LogP contribution in [0.4, 0.5) is 5.69 Å². The van der Waals surface area contributed by atoms with Crippen molar-refractivity contribution < 1.29 is 17.9 Å². The van der Waals surface area contributed by atoms with Crippen molar-refractivity contribution in [3.05, 3.63) is 58.6 Å². The number of ether oxygens (including phenoxy) is 1. The second-order valence-electron chi connectivity index (χ2n) is 7.42. The third kappa shape index (κ3) is 6.42. The number of anilines is 1. The topological polar surface area (TPSA) is 84.5 Å². The molecule has 6 nitrogen and oxygen atoms in total. The zero-order valence-corrected chi connectivity index (χ0v) is 17.9. The standard InChI is InChI=1S/C20H25ClN2O4S/c1-20(2,3)16-7-5-6-8-18(16)27-12-11-22-19(24)15-10-9-14(13-17(15)21)23-28(4,25)26/h5-10,13,23H,11-12H2,1-4H3,(H,22,24). The number of hydrogen-bond donors (Lipinski definition) is 2. The number of para-hydroxylation sites is 1. The zero-order chi connectivity index (χ0) is 20.9. The number of carbonyl (C=O) groups excluding carboxylic acids is 1. The molecule has 28 heavy (non-hydrogen) atoms. The predicted molar refractivity (Wildman–Crippen MR) is 113 cm³/mol. The number of amides is 1. The summed E-state index contributed by atoms with van der Waals surface area (Å²) in [5.74, 6) is 0.432. The van der Waals surface area contributed by atoms with Gasteiger partial charge in [0.25, 0.3) is 5.91 Å². The predicted octanol–water partition coefficient (Wildman–Crippen LogP) is 3.82. The summed E-state index contributed by atoms with van der Waals surface area (Å²) in [6.07, 6.45) is 1.04. The molecule has 0 fully saturated rings. The summed E-state index contributed by atoms with van der Waals surface area (Å²) in [6, 6.07) is 12.2. The Morgan fingerprint density at radius 3 is 2.43 bits per heavy atom. The van der Waals surface area contributed by atoms with Gasteiger partial charge in [-0.15, -0.1) is 0 Å². The number of sulfonamides is 1. The summed E-state index contributed by atoms with van der Waals surface area (Å²) in [5, 5.41) is 2.91. The Labute approximate surface area is 171 Å². The minimum Gasteiger partial charge on any atom is -0.491 e. The number of nitrogens with one attached hydrogen (secondary N) is 2. The van der Waals surface area contributed by atoms with Crippen LogP contribution in [0.1, 0.15) is 36.7 Å². The molecule has 0 unspecified atom stereocenters. The summed E-state index contributed by atoms with van der Waals surface area (Å²) in [6.45, 7) is 6.95. The molecular weight excluding hydrogens is 400 g/mol. The van der Waals surface area contributed by atoms with E-state index in [0.717, 1.165) is 17.6 Å². The molecule has 0 atom stereocenters. The van der Waals surface area contributed by atoms with Gasteiger partial charge in [0.05, 0.1) is 23.4 Å². The van der Waals surface area contributed by atoms with Crippen LogP contribution < -0.4 is 14.8 Å². The number of benzene rings is 2. The minimum absolute atomic E-state index is 0.0465. The van der Waals surface area contributed by atoms with Crippen molar-refractivity contribution in [1.82, 2.24) is 5.32 Å². The Kier molecular flexibility index (Phi) is 6.96. The van der Waals surface area contributed by atoms with E-state index in [-0.39, 0.29) is 21.9 Å². The molecule has 2 aromatic rings. The molecule has 0 aliphatic heterocycles. The van der Waals surface area contributed by atoms with Gasteiger partial charge >= 0.3 is 0 Å². The first-order valence-electron chi connectivity index (χ1n) is 8.75. The molecule has 2 aromatic carbocycles. The van der Waals surface area contributed by atoms with E-state index in [1.807, 2.05) is 24.3 Å². The molecule has 1 amide bonds. The fourth-order valence-electron chi connectivity index (χ4n) is 2.61. The lowest BCUT2D eigenvalue weighted by molar-refractivity contribution is 0.0947. The first kappa shape index (κ1) is 22.0. The summed E-state index contributed by atoms with van der Waals surface area (Å²) in [5.41, 5.74) is 1.61. The molecule has 0 saturated carbocycles. The van der Waals surface area contributed by atoms with E-state index in [9.17, 15) is 13.2 Å². The molecular formula is C20H25ClN2O4S. The lowest BCUT2D eigenvalue weighted by Crippen LogP contribution is -2.28. The Morgan fingerprint density at radius 1 is 1.14 bits per heavy atom. The van der Waals surface area contributed by atoms with E-state index in [4.69, 9.17) is 16.3 Å². The number of hydrogen-bond acceptors (Lipinski definition) is 4. The van der Waals surface area contributed by atoms with Gasteiger partial charge in [0.2, 0.25) is 10.0 Å². The average molecular weight is 425 g/mol. The van der Waals surface area contributed by atoms with Gasteiger partial charge < -0.3 is 10.1 Å². The maximum absolute atomic E-state index is 12.3. The van der Waals surface area contributed by atoms with Crippen LogP contribution >= 0.6 is 11.6 Å². The van der Waals surface area contributed by atoms with Crippen molar-refractivity contribution in [2.24, 2.45) is 0 Å². The van der Waals surface area contributed by atoms with E-state index in [1.165, 1.54) is 18.2 Å². The summed E-state index contributed by atoms with van der Waals surface area (Å²) >= 11 is 6.11. The lowest BCUT2D eigenvalue weighted by atomic mass is 9.86. The fourth-order valence-corrected chi connectivity index (χ4v) is 3.43. The van der Waals surface area contributed by atoms with E-state index >= 15 is 0 Å². The van der Waals surface area contributed by atoms with Crippen LogP contribution in [0.15, 0.2) is 42.5 Å². The second-order valence-corrected chi connectivity index (χ2v) is 9.58. The van der Waals surface area contributed by atoms with Crippen LogP contribution in [0.25, 0.3) is 0 Å². The smallest absolute Gasteiger partial charge is 0.252 e. The van der Waals surface area contributed by atoms with Gasteiger partial charge in [-0.25, -0.2) is 8.42 Å². The molecule has 0 aliphatic rings. The van der Waals surface area contributed by atoms with Gasteiger partial charge in [0.1, 0.15) is 12.4 Å². The summed E-state index contributed by atoms with van der Waals surface area (Å²) in [4.78, 5) is 12.3. The molecule has 152 valence electrons. The quantitative estimate of drug-likeness (QED) is 0.662. The SMILES string of the molecule is CC(C)(C)c1ccccc1OCCNC(=O)c1ccc(NS(C)(=O)=O)cc1Cl. The third-order valence-electron chi connectivity index (χ3n) is 3.86. The van der Waals surface area contributed by atoms with E-state index in [0.29, 0.717) is 18.8 Å². The Bertz CT molecular complexity index is 953. The highest BCUT2D eigenvalue weighted by Crippen LogP contribution is 2.30. The van der Waals surface area contributed by atoms with Crippen LogP contribution in [0.2, 0.25) is 5.02 Å². The maximum Gasteiger partial charge on any atom is 0.252 e. The van der Waals surface area contributed by atoms with Gasteiger partial charge in [-0.3, -0.25) is 9.52 Å². The molecule has 0 saturated heterocycles. The Hall–Kier alpha value is -2.25. The molecule has 0 heterocycles. The lowest BCUT2D eigenvalue weighted by Gasteiger charge is -2.22. The monoisotopic (exact) mass is 424 g/mol. The van der Waals surface area contributed by atoms with Crippen molar-refractivity contribution in [2.75, 3.05) is 24.1 Å². The van der Waals surface area contributed by atoms with E-state index in [2.05, 4.69) is 30.8 Å². The summed E-state index contributed by atoms with van der Waals surface area (Å²) in [7, 11) is -3.41. The van der Waals surface area contributed by atoms with Gasteiger partial charge in [0.15, 0.2) is 0 Å². The van der Waals surface area contributed by atoms with E-state index in [1.54, 1.807) is 0 Å². The molecule has 0 bridgehead atoms. The highest BCUT2D eigenvalue weighted by atomic mass is 35.5. The maximum atomic E-state index is 12.3. The Morgan fingerprint density at radius 2 is 1.82 bits per heavy atom. The number of rotatable bonds is 7. The van der Waals surface area contributed by atoms with Crippen LogP contribution in [0, 0.1) is 0 Å². The Balaban J connectivity index is 1.93. The zero-order valence-electron chi connectivity index (χ0n) is 16.4. The van der Waals surface area contributed by atoms with Crippen molar-refractivity contribution in [2.45, 2.75) is 26.2 Å².